The largest absolute Gasteiger partial charge is 0.481 e. The molecule has 2 atom stereocenters. The van der Waals surface area contributed by atoms with E-state index in [-0.39, 0.29) is 5.91 Å². The van der Waals surface area contributed by atoms with E-state index in [1.807, 2.05) is 5.38 Å². The Morgan fingerprint density at radius 2 is 2.18 bits per heavy atom. The number of carboxylic acids is 1. The Balaban J connectivity index is 2.32. The first-order valence-electron chi connectivity index (χ1n) is 5.41. The van der Waals surface area contributed by atoms with Gasteiger partial charge in [0, 0.05) is 30.5 Å². The second kappa shape index (κ2) is 6.34. The highest BCUT2D eigenvalue weighted by Crippen LogP contribution is 2.11. The van der Waals surface area contributed by atoms with Gasteiger partial charge in [-0.2, -0.15) is 0 Å². The number of carbonyl (C=O) groups excluding carboxylic acids is 1. The molecule has 6 heteroatoms. The van der Waals surface area contributed by atoms with Gasteiger partial charge in [0.15, 0.2) is 0 Å². The van der Waals surface area contributed by atoms with Crippen LogP contribution >= 0.6 is 11.3 Å². The maximum Gasteiger partial charge on any atom is 0.307 e. The van der Waals surface area contributed by atoms with E-state index in [1.54, 1.807) is 13.1 Å². The zero-order valence-corrected chi connectivity index (χ0v) is 10.7. The number of amides is 1. The summed E-state index contributed by atoms with van der Waals surface area (Å²) in [6, 6.07) is 0. The van der Waals surface area contributed by atoms with E-state index in [1.165, 1.54) is 18.3 Å². The number of rotatable bonds is 6. The molecule has 0 aliphatic carbocycles. The van der Waals surface area contributed by atoms with Crippen molar-refractivity contribution in [1.29, 1.82) is 0 Å². The second-order valence-corrected chi connectivity index (χ2v) is 4.86. The molecule has 1 heterocycles. The van der Waals surface area contributed by atoms with Crippen LogP contribution in [-0.4, -0.2) is 28.5 Å². The maximum absolute atomic E-state index is 11.6. The lowest BCUT2D eigenvalue weighted by Gasteiger charge is -2.15. The topological polar surface area (TPSA) is 79.3 Å². The molecule has 2 unspecified atom stereocenters. The molecule has 0 aromatic carbocycles. The number of nitrogens with one attached hydrogen (secondary N) is 1. The molecule has 0 aliphatic heterocycles. The van der Waals surface area contributed by atoms with Crippen LogP contribution in [0.3, 0.4) is 0 Å². The third-order valence-electron chi connectivity index (χ3n) is 2.67. The predicted octanol–water partition coefficient (Wildman–Crippen LogP) is 1.16. The van der Waals surface area contributed by atoms with Gasteiger partial charge in [-0.05, 0) is 0 Å². The summed E-state index contributed by atoms with van der Waals surface area (Å²) in [7, 11) is 0. The first kappa shape index (κ1) is 13.6. The smallest absolute Gasteiger partial charge is 0.307 e. The molecule has 1 rings (SSSR count). The number of hydrogen-bond donors (Lipinski definition) is 2. The summed E-state index contributed by atoms with van der Waals surface area (Å²) in [5.74, 6) is -2.37. The summed E-state index contributed by atoms with van der Waals surface area (Å²) in [5, 5.41) is 14.4. The molecule has 1 aromatic rings. The van der Waals surface area contributed by atoms with E-state index in [0.29, 0.717) is 13.0 Å². The van der Waals surface area contributed by atoms with E-state index in [0.717, 1.165) is 5.01 Å². The second-order valence-electron chi connectivity index (χ2n) is 3.88. The van der Waals surface area contributed by atoms with Crippen LogP contribution in [0.4, 0.5) is 0 Å². The number of hydrogen-bond acceptors (Lipinski definition) is 4. The van der Waals surface area contributed by atoms with Crippen molar-refractivity contribution in [2.24, 2.45) is 11.8 Å². The van der Waals surface area contributed by atoms with Gasteiger partial charge in [-0.25, -0.2) is 4.98 Å². The van der Waals surface area contributed by atoms with Crippen molar-refractivity contribution in [2.45, 2.75) is 20.3 Å². The fourth-order valence-corrected chi connectivity index (χ4v) is 1.89. The van der Waals surface area contributed by atoms with Crippen molar-refractivity contribution in [3.8, 4) is 0 Å². The molecule has 0 spiro atoms. The molecule has 0 fully saturated rings. The van der Waals surface area contributed by atoms with Gasteiger partial charge in [-0.1, -0.05) is 13.8 Å². The summed E-state index contributed by atoms with van der Waals surface area (Å²) in [5.41, 5.74) is 0. The Labute approximate surface area is 104 Å². The van der Waals surface area contributed by atoms with Crippen LogP contribution in [0, 0.1) is 11.8 Å². The molecule has 0 bridgehead atoms. The highest BCUT2D eigenvalue weighted by molar-refractivity contribution is 7.09. The molecule has 0 saturated heterocycles. The van der Waals surface area contributed by atoms with Gasteiger partial charge >= 0.3 is 5.97 Å². The van der Waals surface area contributed by atoms with Crippen LogP contribution in [-0.2, 0) is 16.0 Å². The molecule has 0 radical (unpaired) electrons. The molecule has 94 valence electrons. The van der Waals surface area contributed by atoms with Crippen molar-refractivity contribution >= 4 is 23.2 Å². The van der Waals surface area contributed by atoms with Crippen molar-refractivity contribution < 1.29 is 14.7 Å². The number of carboxylic acid groups (broad SMARTS) is 1. The maximum atomic E-state index is 11.6. The van der Waals surface area contributed by atoms with Gasteiger partial charge in [0.05, 0.1) is 10.9 Å². The summed E-state index contributed by atoms with van der Waals surface area (Å²) in [6.07, 6.45) is 2.40. The van der Waals surface area contributed by atoms with Crippen LogP contribution in [0.1, 0.15) is 18.9 Å². The van der Waals surface area contributed by atoms with Crippen molar-refractivity contribution in [3.05, 3.63) is 16.6 Å². The zero-order valence-electron chi connectivity index (χ0n) is 9.84. The van der Waals surface area contributed by atoms with Gasteiger partial charge in [0.2, 0.25) is 5.91 Å². The fourth-order valence-electron chi connectivity index (χ4n) is 1.27. The molecule has 1 aromatic heterocycles. The molecule has 0 aliphatic rings. The lowest BCUT2D eigenvalue weighted by Crippen LogP contribution is -2.36. The molecule has 0 saturated carbocycles. The fraction of sp³-hybridized carbons (Fsp3) is 0.545. The average molecular weight is 256 g/mol. The Kier molecular flexibility index (Phi) is 5.09. The Bertz CT molecular complexity index is 378. The highest BCUT2D eigenvalue weighted by atomic mass is 32.1. The Morgan fingerprint density at radius 1 is 1.47 bits per heavy atom. The van der Waals surface area contributed by atoms with Crippen LogP contribution < -0.4 is 5.32 Å². The standard InChI is InChI=1S/C11H16N2O3S/c1-7(8(2)11(15)16)10(14)13-4-3-9-12-5-6-17-9/h5-8H,3-4H2,1-2H3,(H,13,14)(H,15,16). The van der Waals surface area contributed by atoms with Crippen LogP contribution in [0.2, 0.25) is 0 Å². The average Bonchev–Trinajstić information content (AvgIpc) is 2.79. The summed E-state index contributed by atoms with van der Waals surface area (Å²) < 4.78 is 0. The minimum absolute atomic E-state index is 0.226. The number of aliphatic carboxylic acids is 1. The van der Waals surface area contributed by atoms with Gasteiger partial charge in [0.25, 0.3) is 0 Å². The first-order valence-corrected chi connectivity index (χ1v) is 6.29. The van der Waals surface area contributed by atoms with Gasteiger partial charge < -0.3 is 10.4 Å². The van der Waals surface area contributed by atoms with Crippen LogP contribution in [0.15, 0.2) is 11.6 Å². The number of nitrogens with zero attached hydrogens (tertiary/aromatic N) is 1. The SMILES string of the molecule is CC(C(=O)O)C(C)C(=O)NCCc1nccs1. The van der Waals surface area contributed by atoms with E-state index in [2.05, 4.69) is 10.3 Å². The van der Waals surface area contributed by atoms with Crippen molar-refractivity contribution in [2.75, 3.05) is 6.54 Å². The first-order chi connectivity index (χ1) is 8.02. The van der Waals surface area contributed by atoms with Crippen molar-refractivity contribution in [3.63, 3.8) is 0 Å². The number of thiazole rings is 1. The minimum atomic E-state index is -0.951. The van der Waals surface area contributed by atoms with Crippen LogP contribution in [0.5, 0.6) is 0 Å². The summed E-state index contributed by atoms with van der Waals surface area (Å²) >= 11 is 1.54. The lowest BCUT2D eigenvalue weighted by molar-refractivity contribution is -0.146. The summed E-state index contributed by atoms with van der Waals surface area (Å²) in [4.78, 5) is 26.4. The molecule has 1 amide bonds. The molecule has 17 heavy (non-hydrogen) atoms. The minimum Gasteiger partial charge on any atom is -0.481 e. The number of aromatic nitrogens is 1. The van der Waals surface area contributed by atoms with Gasteiger partial charge in [-0.15, -0.1) is 11.3 Å². The monoisotopic (exact) mass is 256 g/mol. The third-order valence-corrected chi connectivity index (χ3v) is 3.51. The highest BCUT2D eigenvalue weighted by Gasteiger charge is 2.25. The Morgan fingerprint density at radius 3 is 2.71 bits per heavy atom. The summed E-state index contributed by atoms with van der Waals surface area (Å²) in [6.45, 7) is 3.65. The van der Waals surface area contributed by atoms with E-state index in [4.69, 9.17) is 5.11 Å². The molecular weight excluding hydrogens is 240 g/mol. The van der Waals surface area contributed by atoms with Crippen molar-refractivity contribution in [1.82, 2.24) is 10.3 Å². The van der Waals surface area contributed by atoms with E-state index in [9.17, 15) is 9.59 Å². The zero-order chi connectivity index (χ0) is 12.8. The Hall–Kier alpha value is -1.43. The molecule has 5 nitrogen and oxygen atoms in total. The molecule has 2 N–H and O–H groups in total. The van der Waals surface area contributed by atoms with E-state index >= 15 is 0 Å². The predicted molar refractivity (Wildman–Crippen MR) is 64.8 cm³/mol. The third kappa shape index (κ3) is 4.14. The quantitative estimate of drug-likeness (QED) is 0.800. The normalized spacial score (nSPS) is 14.0. The molecular formula is C11H16N2O3S. The lowest BCUT2D eigenvalue weighted by atomic mass is 9.95. The van der Waals surface area contributed by atoms with Crippen LogP contribution in [0.25, 0.3) is 0 Å². The van der Waals surface area contributed by atoms with Gasteiger partial charge in [-0.3, -0.25) is 9.59 Å². The number of carbonyl (C=O) groups is 2. The van der Waals surface area contributed by atoms with E-state index < -0.39 is 17.8 Å². The van der Waals surface area contributed by atoms with Gasteiger partial charge in [0.1, 0.15) is 0 Å².